The predicted octanol–water partition coefficient (Wildman–Crippen LogP) is 2.38. The van der Waals surface area contributed by atoms with Crippen molar-refractivity contribution in [3.8, 4) is 5.82 Å². The first-order chi connectivity index (χ1) is 16.1. The molecule has 3 aromatic heterocycles. The van der Waals surface area contributed by atoms with Crippen LogP contribution in [0.25, 0.3) is 16.9 Å². The van der Waals surface area contributed by atoms with Gasteiger partial charge in [0.2, 0.25) is 0 Å². The van der Waals surface area contributed by atoms with Gasteiger partial charge in [0, 0.05) is 36.8 Å². The van der Waals surface area contributed by atoms with Gasteiger partial charge in [0.15, 0.2) is 17.3 Å². The first-order valence-corrected chi connectivity index (χ1v) is 12.1. The van der Waals surface area contributed by atoms with Crippen LogP contribution in [0.4, 0.5) is 17.3 Å². The van der Waals surface area contributed by atoms with Crippen LogP contribution in [0.1, 0.15) is 39.0 Å². The van der Waals surface area contributed by atoms with Crippen molar-refractivity contribution in [2.24, 2.45) is 0 Å². The van der Waals surface area contributed by atoms with Gasteiger partial charge in [-0.15, -0.1) is 5.10 Å². The maximum absolute atomic E-state index is 6.47. The lowest BCUT2D eigenvalue weighted by Gasteiger charge is -2.47. The second kappa shape index (κ2) is 8.18. The second-order valence-corrected chi connectivity index (χ2v) is 9.80. The van der Waals surface area contributed by atoms with Crippen molar-refractivity contribution in [1.29, 1.82) is 0 Å². The van der Waals surface area contributed by atoms with E-state index in [0.717, 1.165) is 47.7 Å². The monoisotopic (exact) mass is 451 g/mol. The van der Waals surface area contributed by atoms with Crippen molar-refractivity contribution in [1.82, 2.24) is 29.9 Å². The van der Waals surface area contributed by atoms with Gasteiger partial charge in [-0.05, 0) is 39.7 Å². The highest BCUT2D eigenvalue weighted by Crippen LogP contribution is 2.38. The van der Waals surface area contributed by atoms with Crippen LogP contribution >= 0.6 is 0 Å². The molecule has 33 heavy (non-hydrogen) atoms. The third-order valence-electron chi connectivity index (χ3n) is 7.73. The third kappa shape index (κ3) is 3.61. The number of piperidine rings is 2. The van der Waals surface area contributed by atoms with E-state index in [9.17, 15) is 0 Å². The Labute approximate surface area is 193 Å². The lowest BCUT2D eigenvalue weighted by molar-refractivity contribution is 0.0609. The molecule has 3 aliphatic rings. The lowest BCUT2D eigenvalue weighted by atomic mass is 9.82. The molecule has 10 nitrogen and oxygen atoms in total. The van der Waals surface area contributed by atoms with E-state index in [-0.39, 0.29) is 6.04 Å². The quantitative estimate of drug-likeness (QED) is 0.554. The van der Waals surface area contributed by atoms with Gasteiger partial charge < -0.3 is 25.6 Å². The van der Waals surface area contributed by atoms with Gasteiger partial charge in [0.1, 0.15) is 5.82 Å². The van der Waals surface area contributed by atoms with E-state index in [0.29, 0.717) is 37.2 Å². The number of morpholine rings is 1. The first kappa shape index (κ1) is 20.7. The standard InChI is InChI=1S/C23H33N9O/c1-14-13-33-9-8-31(14)20-12-18(26-15-10-16-4-3-5-17(11-15)30(16)2)21-22(24)29-32(23(21)27-20)19-6-7-25-28-19/h6-7,12,14-17H,3-5,8-11,13H2,1-2H3,(H2,24,29)(H,25,28)(H,26,27)/t14-,15?,16-,17+/m1/s1. The second-order valence-electron chi connectivity index (χ2n) is 9.80. The van der Waals surface area contributed by atoms with E-state index in [1.54, 1.807) is 10.9 Å². The van der Waals surface area contributed by atoms with Crippen LogP contribution in [0.5, 0.6) is 0 Å². The molecule has 10 heteroatoms. The van der Waals surface area contributed by atoms with Crippen molar-refractivity contribution in [2.45, 2.75) is 63.2 Å². The van der Waals surface area contributed by atoms with Crippen LogP contribution in [0, 0.1) is 0 Å². The fourth-order valence-electron chi connectivity index (χ4n) is 5.95. The average Bonchev–Trinajstić information content (AvgIpc) is 3.43. The summed E-state index contributed by atoms with van der Waals surface area (Å²) in [6, 6.07) is 6.00. The van der Waals surface area contributed by atoms with Gasteiger partial charge in [-0.25, -0.2) is 4.98 Å². The Morgan fingerprint density at radius 1 is 1.24 bits per heavy atom. The molecule has 4 atom stereocenters. The molecule has 2 bridgehead atoms. The maximum Gasteiger partial charge on any atom is 0.171 e. The van der Waals surface area contributed by atoms with Gasteiger partial charge in [-0.1, -0.05) is 6.42 Å². The molecule has 176 valence electrons. The lowest BCUT2D eigenvalue weighted by Crippen LogP contribution is -2.52. The van der Waals surface area contributed by atoms with Crippen molar-refractivity contribution in [3.63, 3.8) is 0 Å². The molecule has 0 radical (unpaired) electrons. The van der Waals surface area contributed by atoms with Crippen LogP contribution in [-0.4, -0.2) is 80.8 Å². The van der Waals surface area contributed by atoms with E-state index in [4.69, 9.17) is 15.5 Å². The Kier molecular flexibility index (Phi) is 5.14. The van der Waals surface area contributed by atoms with Crippen LogP contribution in [-0.2, 0) is 4.74 Å². The number of nitrogen functional groups attached to an aromatic ring is 1. The number of H-pyrrole nitrogens is 1. The highest BCUT2D eigenvalue weighted by atomic mass is 16.5. The number of nitrogens with zero attached hydrogens (tertiary/aromatic N) is 6. The fourth-order valence-corrected chi connectivity index (χ4v) is 5.95. The zero-order chi connectivity index (χ0) is 22.5. The molecule has 0 spiro atoms. The number of hydrogen-bond acceptors (Lipinski definition) is 8. The van der Waals surface area contributed by atoms with Gasteiger partial charge in [-0.2, -0.15) is 9.78 Å². The number of anilines is 3. The Bertz CT molecular complexity index is 1110. The minimum absolute atomic E-state index is 0.250. The molecule has 3 aliphatic heterocycles. The minimum atomic E-state index is 0.250. The number of pyridine rings is 1. The van der Waals surface area contributed by atoms with Crippen LogP contribution in [0.15, 0.2) is 18.3 Å². The number of aromatic nitrogens is 5. The molecule has 3 fully saturated rings. The highest BCUT2D eigenvalue weighted by Gasteiger charge is 2.36. The molecule has 0 saturated carbocycles. The van der Waals surface area contributed by atoms with E-state index >= 15 is 0 Å². The molecular weight excluding hydrogens is 418 g/mol. The summed E-state index contributed by atoms with van der Waals surface area (Å²) in [5.74, 6) is 2.15. The summed E-state index contributed by atoms with van der Waals surface area (Å²) in [6.07, 6.45) is 7.92. The summed E-state index contributed by atoms with van der Waals surface area (Å²) in [4.78, 5) is 9.95. The topological polar surface area (TPSA) is 113 Å². The van der Waals surface area contributed by atoms with E-state index in [1.165, 1.54) is 19.3 Å². The Morgan fingerprint density at radius 2 is 2.06 bits per heavy atom. The van der Waals surface area contributed by atoms with Crippen molar-refractivity contribution in [2.75, 3.05) is 42.8 Å². The average molecular weight is 452 g/mol. The molecule has 6 heterocycles. The molecule has 3 aromatic rings. The van der Waals surface area contributed by atoms with Crippen LogP contribution in [0.2, 0.25) is 0 Å². The van der Waals surface area contributed by atoms with Crippen LogP contribution in [0.3, 0.4) is 0 Å². The van der Waals surface area contributed by atoms with Crippen molar-refractivity contribution >= 4 is 28.4 Å². The van der Waals surface area contributed by atoms with Gasteiger partial charge in [0.25, 0.3) is 0 Å². The largest absolute Gasteiger partial charge is 0.382 e. The molecular formula is C23H33N9O. The van der Waals surface area contributed by atoms with Gasteiger partial charge in [0.05, 0.1) is 36.5 Å². The molecule has 6 rings (SSSR count). The number of hydrogen-bond donors (Lipinski definition) is 3. The van der Waals surface area contributed by atoms with Crippen molar-refractivity contribution < 1.29 is 4.74 Å². The summed E-state index contributed by atoms with van der Waals surface area (Å²) in [7, 11) is 2.29. The normalized spacial score (nSPS) is 28.4. The van der Waals surface area contributed by atoms with E-state index in [2.05, 4.69) is 50.5 Å². The molecule has 0 amide bonds. The SMILES string of the molecule is C[C@@H]1COCCN1c1cc(NC2C[C@H]3CCC[C@@H](C2)N3C)c2c(N)nn(-c3ccn[nH]3)c2n1. The molecule has 0 aliphatic carbocycles. The van der Waals surface area contributed by atoms with Gasteiger partial charge in [-0.3, -0.25) is 5.10 Å². The number of nitrogens with one attached hydrogen (secondary N) is 2. The summed E-state index contributed by atoms with van der Waals surface area (Å²) in [6.45, 7) is 4.39. The maximum atomic E-state index is 6.47. The Hall–Kier alpha value is -2.85. The highest BCUT2D eigenvalue weighted by molar-refractivity contribution is 6.00. The number of rotatable bonds is 4. The number of ether oxygens (including phenoxy) is 1. The zero-order valence-electron chi connectivity index (χ0n) is 19.4. The fraction of sp³-hybridized carbons (Fsp3) is 0.609. The molecule has 0 aromatic carbocycles. The van der Waals surface area contributed by atoms with E-state index in [1.807, 2.05) is 6.07 Å². The first-order valence-electron chi connectivity index (χ1n) is 12.1. The predicted molar refractivity (Wildman–Crippen MR) is 129 cm³/mol. The number of aromatic amines is 1. The van der Waals surface area contributed by atoms with E-state index < -0.39 is 0 Å². The summed E-state index contributed by atoms with van der Waals surface area (Å²) in [5.41, 5.74) is 8.23. The Balaban J connectivity index is 1.43. The number of fused-ring (bicyclic) bond motifs is 3. The molecule has 3 saturated heterocycles. The smallest absolute Gasteiger partial charge is 0.171 e. The summed E-state index contributed by atoms with van der Waals surface area (Å²) in [5, 5.41) is 16.5. The minimum Gasteiger partial charge on any atom is -0.382 e. The zero-order valence-corrected chi connectivity index (χ0v) is 19.4. The number of nitrogens with two attached hydrogens (primary N) is 1. The molecule has 4 N–H and O–H groups in total. The molecule has 1 unspecified atom stereocenters. The third-order valence-corrected chi connectivity index (χ3v) is 7.73. The summed E-state index contributed by atoms with van der Waals surface area (Å²) < 4.78 is 7.44. The Morgan fingerprint density at radius 3 is 2.79 bits per heavy atom. The van der Waals surface area contributed by atoms with Gasteiger partial charge >= 0.3 is 0 Å². The van der Waals surface area contributed by atoms with Crippen molar-refractivity contribution in [3.05, 3.63) is 18.3 Å². The summed E-state index contributed by atoms with van der Waals surface area (Å²) >= 11 is 0. The van der Waals surface area contributed by atoms with Crippen LogP contribution < -0.4 is 16.0 Å².